The van der Waals surface area contributed by atoms with Crippen LogP contribution in [0.1, 0.15) is 29.2 Å². The number of amides is 1. The SMILES string of the molecule is C[C@H](/C=C/S(C)(=O)=O)NC(=O)c1ncc(N[C@@H](O)c2cccc(F)c2Cl)c2nn(C)cc12. The fraction of sp³-hybridized carbons (Fsp3) is 0.250. The highest BCUT2D eigenvalue weighted by Crippen LogP contribution is 2.30. The molecule has 3 aromatic rings. The van der Waals surface area contributed by atoms with Gasteiger partial charge in [0.05, 0.1) is 22.3 Å². The number of aliphatic hydroxyl groups is 1. The number of nitrogens with one attached hydrogen (secondary N) is 2. The second-order valence-corrected chi connectivity index (χ2v) is 9.50. The van der Waals surface area contributed by atoms with Gasteiger partial charge in [-0.3, -0.25) is 9.48 Å². The average molecular weight is 482 g/mol. The molecular weight excluding hydrogens is 461 g/mol. The second kappa shape index (κ2) is 9.23. The van der Waals surface area contributed by atoms with E-state index < -0.39 is 33.8 Å². The Balaban J connectivity index is 1.89. The number of aromatic nitrogens is 3. The molecule has 170 valence electrons. The van der Waals surface area contributed by atoms with E-state index in [2.05, 4.69) is 20.7 Å². The van der Waals surface area contributed by atoms with Gasteiger partial charge in [0.1, 0.15) is 17.0 Å². The summed E-state index contributed by atoms with van der Waals surface area (Å²) >= 11 is 5.94. The zero-order valence-electron chi connectivity index (χ0n) is 17.4. The Morgan fingerprint density at radius 1 is 1.38 bits per heavy atom. The van der Waals surface area contributed by atoms with Gasteiger partial charge < -0.3 is 15.7 Å². The van der Waals surface area contributed by atoms with Crippen LogP contribution in [0.25, 0.3) is 10.9 Å². The van der Waals surface area contributed by atoms with Crippen LogP contribution in [-0.4, -0.2) is 46.5 Å². The quantitative estimate of drug-likeness (QED) is 0.442. The van der Waals surface area contributed by atoms with Gasteiger partial charge in [-0.1, -0.05) is 29.8 Å². The molecule has 9 nitrogen and oxygen atoms in total. The van der Waals surface area contributed by atoms with Crippen molar-refractivity contribution in [3.05, 3.63) is 64.2 Å². The molecule has 2 heterocycles. The van der Waals surface area contributed by atoms with Gasteiger partial charge in [-0.15, -0.1) is 0 Å². The van der Waals surface area contributed by atoms with E-state index in [1.165, 1.54) is 35.2 Å². The van der Waals surface area contributed by atoms with E-state index in [-0.39, 0.29) is 16.3 Å². The first-order valence-corrected chi connectivity index (χ1v) is 11.7. The van der Waals surface area contributed by atoms with Crippen molar-refractivity contribution < 1.29 is 22.7 Å². The highest BCUT2D eigenvalue weighted by molar-refractivity contribution is 7.93. The van der Waals surface area contributed by atoms with Crippen molar-refractivity contribution in [2.24, 2.45) is 7.05 Å². The molecule has 1 amide bonds. The van der Waals surface area contributed by atoms with Crippen LogP contribution in [-0.2, 0) is 16.9 Å². The molecule has 0 bridgehead atoms. The maximum absolute atomic E-state index is 13.7. The molecule has 1 aromatic carbocycles. The Kier molecular flexibility index (Phi) is 6.82. The van der Waals surface area contributed by atoms with Gasteiger partial charge >= 0.3 is 0 Å². The summed E-state index contributed by atoms with van der Waals surface area (Å²) in [7, 11) is -1.67. The molecular formula is C20H21ClFN5O4S. The Morgan fingerprint density at radius 3 is 2.78 bits per heavy atom. The fourth-order valence-corrected chi connectivity index (χ4v) is 3.70. The number of sulfone groups is 1. The van der Waals surface area contributed by atoms with Crippen LogP contribution in [0.15, 0.2) is 42.1 Å². The van der Waals surface area contributed by atoms with Crippen LogP contribution in [0.4, 0.5) is 10.1 Å². The summed E-state index contributed by atoms with van der Waals surface area (Å²) < 4.78 is 37.7. The molecule has 2 atom stereocenters. The van der Waals surface area contributed by atoms with Crippen molar-refractivity contribution in [1.29, 1.82) is 0 Å². The number of aliphatic hydroxyl groups excluding tert-OH is 1. The van der Waals surface area contributed by atoms with E-state index in [0.29, 0.717) is 16.6 Å². The Bertz CT molecular complexity index is 1310. The monoisotopic (exact) mass is 481 g/mol. The number of hydrogen-bond acceptors (Lipinski definition) is 7. The van der Waals surface area contributed by atoms with Gasteiger partial charge in [-0.2, -0.15) is 5.10 Å². The van der Waals surface area contributed by atoms with Crippen molar-refractivity contribution in [2.75, 3.05) is 11.6 Å². The summed E-state index contributed by atoms with van der Waals surface area (Å²) in [5, 5.41) is 21.4. The summed E-state index contributed by atoms with van der Waals surface area (Å²) in [6.07, 6.45) is 3.95. The van der Waals surface area contributed by atoms with E-state index in [1.807, 2.05) is 0 Å². The van der Waals surface area contributed by atoms with Crippen molar-refractivity contribution in [3.8, 4) is 0 Å². The van der Waals surface area contributed by atoms with E-state index in [1.54, 1.807) is 20.2 Å². The number of carbonyl (C=O) groups excluding carboxylic acids is 1. The lowest BCUT2D eigenvalue weighted by atomic mass is 10.1. The van der Waals surface area contributed by atoms with Crippen LogP contribution < -0.4 is 10.6 Å². The molecule has 0 aliphatic heterocycles. The predicted molar refractivity (Wildman–Crippen MR) is 119 cm³/mol. The van der Waals surface area contributed by atoms with Crippen LogP contribution in [0.2, 0.25) is 5.02 Å². The number of halogens is 2. The molecule has 2 aromatic heterocycles. The molecule has 0 aliphatic carbocycles. The fourth-order valence-electron chi connectivity index (χ4n) is 2.95. The standard InChI is InChI=1S/C20H21ClFN5O4S/c1-11(7-8-32(3,30)31)24-20(29)18-13-10-27(2)26-17(13)15(9-23-18)25-19(28)12-5-4-6-14(22)16(12)21/h4-11,19,25,28H,1-3H3,(H,24,29)/b8-7+/t11-,19+/m1/s1. The summed E-state index contributed by atoms with van der Waals surface area (Å²) in [6.45, 7) is 1.62. The molecule has 32 heavy (non-hydrogen) atoms. The third-order valence-electron chi connectivity index (χ3n) is 4.42. The largest absolute Gasteiger partial charge is 0.369 e. The Hall–Kier alpha value is -3.02. The van der Waals surface area contributed by atoms with E-state index in [4.69, 9.17) is 11.6 Å². The number of pyridine rings is 1. The van der Waals surface area contributed by atoms with E-state index in [9.17, 15) is 22.7 Å². The van der Waals surface area contributed by atoms with Gasteiger partial charge in [0.15, 0.2) is 16.1 Å². The number of hydrogen-bond donors (Lipinski definition) is 3. The third-order valence-corrected chi connectivity index (χ3v) is 5.47. The predicted octanol–water partition coefficient (Wildman–Crippen LogP) is 2.54. The van der Waals surface area contributed by atoms with E-state index in [0.717, 1.165) is 11.7 Å². The number of benzene rings is 1. The molecule has 0 fully saturated rings. The third kappa shape index (κ3) is 5.42. The normalized spacial score (nSPS) is 13.9. The van der Waals surface area contributed by atoms with Crippen LogP contribution in [0.3, 0.4) is 0 Å². The number of fused-ring (bicyclic) bond motifs is 1. The first-order chi connectivity index (χ1) is 15.0. The molecule has 12 heteroatoms. The molecule has 0 saturated heterocycles. The van der Waals surface area contributed by atoms with Gasteiger partial charge in [0, 0.05) is 36.5 Å². The molecule has 0 aliphatic rings. The number of aryl methyl sites for hydroxylation is 1. The van der Waals surface area contributed by atoms with Crippen molar-refractivity contribution >= 4 is 43.9 Å². The summed E-state index contributed by atoms with van der Waals surface area (Å²) in [4.78, 5) is 16.9. The smallest absolute Gasteiger partial charge is 0.271 e. The minimum absolute atomic E-state index is 0.0662. The number of carbonyl (C=O) groups is 1. The first kappa shape index (κ1) is 23.6. The lowest BCUT2D eigenvalue weighted by Crippen LogP contribution is -2.32. The van der Waals surface area contributed by atoms with Crippen molar-refractivity contribution in [2.45, 2.75) is 19.2 Å². The highest BCUT2D eigenvalue weighted by Gasteiger charge is 2.21. The average Bonchev–Trinajstić information content (AvgIpc) is 3.09. The number of rotatable bonds is 7. The van der Waals surface area contributed by atoms with Crippen LogP contribution in [0.5, 0.6) is 0 Å². The molecule has 0 spiro atoms. The maximum Gasteiger partial charge on any atom is 0.271 e. The lowest BCUT2D eigenvalue weighted by molar-refractivity contribution is 0.0944. The topological polar surface area (TPSA) is 126 Å². The number of anilines is 1. The van der Waals surface area contributed by atoms with Crippen LogP contribution >= 0.6 is 11.6 Å². The molecule has 0 unspecified atom stereocenters. The minimum atomic E-state index is -3.32. The molecule has 3 N–H and O–H groups in total. The highest BCUT2D eigenvalue weighted by atomic mass is 35.5. The van der Waals surface area contributed by atoms with Crippen molar-refractivity contribution in [3.63, 3.8) is 0 Å². The van der Waals surface area contributed by atoms with E-state index >= 15 is 0 Å². The first-order valence-electron chi connectivity index (χ1n) is 9.36. The van der Waals surface area contributed by atoms with Gasteiger partial charge in [-0.25, -0.2) is 17.8 Å². The zero-order chi connectivity index (χ0) is 23.6. The second-order valence-electron chi connectivity index (χ2n) is 7.20. The number of nitrogens with zero attached hydrogens (tertiary/aromatic N) is 3. The summed E-state index contributed by atoms with van der Waals surface area (Å²) in [5.41, 5.74) is 0.842. The summed E-state index contributed by atoms with van der Waals surface area (Å²) in [6, 6.07) is 3.50. The molecule has 3 rings (SSSR count). The lowest BCUT2D eigenvalue weighted by Gasteiger charge is -2.17. The summed E-state index contributed by atoms with van der Waals surface area (Å²) in [5.74, 6) is -1.20. The van der Waals surface area contributed by atoms with Gasteiger partial charge in [0.25, 0.3) is 5.91 Å². The van der Waals surface area contributed by atoms with Gasteiger partial charge in [-0.05, 0) is 13.0 Å². The Morgan fingerprint density at radius 2 is 2.09 bits per heavy atom. The minimum Gasteiger partial charge on any atom is -0.369 e. The van der Waals surface area contributed by atoms with Crippen LogP contribution in [0, 0.1) is 5.82 Å². The van der Waals surface area contributed by atoms with Gasteiger partial charge in [0.2, 0.25) is 0 Å². The molecule has 0 saturated carbocycles. The zero-order valence-corrected chi connectivity index (χ0v) is 18.9. The Labute approximate surface area is 188 Å². The molecule has 0 radical (unpaired) electrons. The maximum atomic E-state index is 13.7. The van der Waals surface area contributed by atoms with Crippen molar-refractivity contribution in [1.82, 2.24) is 20.1 Å².